The molecular formula is C25H31F2N5O2. The SMILES string of the molecule is CCCCNC(C)C1(O)CN(C(=O)c2cc3c(ncn3C)c(F)c2Nc2ccc(C)cc2F)C1. The standard InChI is InChI=1S/C25H31F2N5O2/c1-5-6-9-28-16(3)25(34)12-32(13-25)24(33)17-11-20-23(29-14-31(20)4)21(27)22(17)30-19-8-7-15(2)10-18(19)26/h7-8,10-11,14,16,28,30,34H,5-6,9,12-13H2,1-4H3. The van der Waals surface area contributed by atoms with Gasteiger partial charge in [-0.25, -0.2) is 13.8 Å². The van der Waals surface area contributed by atoms with Gasteiger partial charge in [0, 0.05) is 13.1 Å². The minimum Gasteiger partial charge on any atom is -0.385 e. The number of aromatic nitrogens is 2. The van der Waals surface area contributed by atoms with Crippen molar-refractivity contribution in [2.45, 2.75) is 45.3 Å². The Labute approximate surface area is 197 Å². The fourth-order valence-electron chi connectivity index (χ4n) is 4.26. The monoisotopic (exact) mass is 471 g/mol. The molecule has 0 radical (unpaired) electrons. The molecule has 0 saturated carbocycles. The van der Waals surface area contributed by atoms with Gasteiger partial charge in [0.1, 0.15) is 16.9 Å². The van der Waals surface area contributed by atoms with E-state index >= 15 is 4.39 Å². The van der Waals surface area contributed by atoms with Crippen LogP contribution in [0.2, 0.25) is 0 Å². The number of carbonyl (C=O) groups excluding carboxylic acids is 1. The molecule has 1 aliphatic heterocycles. The van der Waals surface area contributed by atoms with Gasteiger partial charge in [0.25, 0.3) is 5.91 Å². The quantitative estimate of drug-likeness (QED) is 0.435. The Hall–Kier alpha value is -3.04. The third-order valence-electron chi connectivity index (χ3n) is 6.58. The molecule has 0 spiro atoms. The number of hydrogen-bond donors (Lipinski definition) is 3. The molecule has 1 saturated heterocycles. The number of unbranched alkanes of at least 4 members (excludes halogenated alkanes) is 1. The summed E-state index contributed by atoms with van der Waals surface area (Å²) < 4.78 is 31.7. The first-order valence-electron chi connectivity index (χ1n) is 11.6. The number of amides is 1. The highest BCUT2D eigenvalue weighted by atomic mass is 19.1. The van der Waals surface area contributed by atoms with Crippen molar-refractivity contribution < 1.29 is 18.7 Å². The maximum Gasteiger partial charge on any atom is 0.256 e. The highest BCUT2D eigenvalue weighted by Crippen LogP contribution is 2.34. The lowest BCUT2D eigenvalue weighted by Crippen LogP contribution is -2.70. The zero-order valence-electron chi connectivity index (χ0n) is 20.0. The van der Waals surface area contributed by atoms with Crippen LogP contribution in [0, 0.1) is 18.6 Å². The molecule has 4 rings (SSSR count). The summed E-state index contributed by atoms with van der Waals surface area (Å²) in [5.74, 6) is -1.72. The maximum atomic E-state index is 15.5. The predicted molar refractivity (Wildman–Crippen MR) is 128 cm³/mol. The maximum absolute atomic E-state index is 15.5. The van der Waals surface area contributed by atoms with Crippen LogP contribution < -0.4 is 10.6 Å². The first-order valence-corrected chi connectivity index (χ1v) is 11.6. The number of rotatable bonds is 8. The van der Waals surface area contributed by atoms with Crippen molar-refractivity contribution in [2.24, 2.45) is 7.05 Å². The number of nitrogens with one attached hydrogen (secondary N) is 2. The van der Waals surface area contributed by atoms with Gasteiger partial charge in [-0.2, -0.15) is 0 Å². The van der Waals surface area contributed by atoms with E-state index in [1.165, 1.54) is 23.4 Å². The summed E-state index contributed by atoms with van der Waals surface area (Å²) in [5, 5.41) is 17.0. The van der Waals surface area contributed by atoms with E-state index in [1.807, 2.05) is 6.92 Å². The van der Waals surface area contributed by atoms with E-state index in [2.05, 4.69) is 22.5 Å². The molecule has 182 valence electrons. The van der Waals surface area contributed by atoms with Crippen LogP contribution in [0.5, 0.6) is 0 Å². The number of carbonyl (C=O) groups is 1. The van der Waals surface area contributed by atoms with Crippen LogP contribution in [0.4, 0.5) is 20.2 Å². The first kappa shape index (κ1) is 24.1. The molecule has 7 nitrogen and oxygen atoms in total. The van der Waals surface area contributed by atoms with E-state index < -0.39 is 23.1 Å². The van der Waals surface area contributed by atoms with E-state index in [9.17, 15) is 14.3 Å². The Morgan fingerprint density at radius 2 is 2.03 bits per heavy atom. The molecule has 2 heterocycles. The third kappa shape index (κ3) is 4.37. The molecule has 1 unspecified atom stereocenters. The highest BCUT2D eigenvalue weighted by molar-refractivity contribution is 6.04. The zero-order valence-corrected chi connectivity index (χ0v) is 20.0. The van der Waals surface area contributed by atoms with E-state index in [0.29, 0.717) is 5.52 Å². The summed E-state index contributed by atoms with van der Waals surface area (Å²) in [6.07, 6.45) is 3.50. The molecule has 1 aliphatic rings. The molecule has 1 fully saturated rings. The number of aliphatic hydroxyl groups is 1. The smallest absolute Gasteiger partial charge is 0.256 e. The molecule has 0 bridgehead atoms. The van der Waals surface area contributed by atoms with Crippen LogP contribution in [0.15, 0.2) is 30.6 Å². The average molecular weight is 472 g/mol. The van der Waals surface area contributed by atoms with Gasteiger partial charge < -0.3 is 25.2 Å². The van der Waals surface area contributed by atoms with Crippen LogP contribution >= 0.6 is 0 Å². The van der Waals surface area contributed by atoms with Gasteiger partial charge in [0.15, 0.2) is 5.82 Å². The fourth-order valence-corrected chi connectivity index (χ4v) is 4.26. The Kier molecular flexibility index (Phi) is 6.60. The number of benzene rings is 2. The van der Waals surface area contributed by atoms with Gasteiger partial charge in [-0.05, 0) is 50.6 Å². The largest absolute Gasteiger partial charge is 0.385 e. The average Bonchev–Trinajstić information content (AvgIpc) is 3.15. The number of imidazole rings is 1. The summed E-state index contributed by atoms with van der Waals surface area (Å²) in [4.78, 5) is 19.0. The second kappa shape index (κ2) is 9.31. The van der Waals surface area contributed by atoms with E-state index in [0.717, 1.165) is 24.9 Å². The number of hydrogen-bond acceptors (Lipinski definition) is 5. The minimum atomic E-state index is -1.06. The van der Waals surface area contributed by atoms with Gasteiger partial charge in [-0.15, -0.1) is 0 Å². The van der Waals surface area contributed by atoms with Crippen molar-refractivity contribution >= 4 is 28.3 Å². The topological polar surface area (TPSA) is 82.4 Å². The molecule has 34 heavy (non-hydrogen) atoms. The Balaban J connectivity index is 1.64. The van der Waals surface area contributed by atoms with Gasteiger partial charge in [-0.1, -0.05) is 19.4 Å². The first-order chi connectivity index (χ1) is 16.1. The molecule has 9 heteroatoms. The number of anilines is 2. The summed E-state index contributed by atoms with van der Waals surface area (Å²) in [6, 6.07) is 5.91. The molecule has 3 N–H and O–H groups in total. The van der Waals surface area contributed by atoms with E-state index in [-0.39, 0.29) is 41.6 Å². The molecule has 1 aromatic heterocycles. The zero-order chi connectivity index (χ0) is 24.6. The van der Waals surface area contributed by atoms with Crippen molar-refractivity contribution in [1.82, 2.24) is 19.8 Å². The normalized spacial score (nSPS) is 15.9. The van der Waals surface area contributed by atoms with Gasteiger partial charge in [0.05, 0.1) is 41.9 Å². The number of fused-ring (bicyclic) bond motifs is 1. The molecule has 1 atom stereocenters. The minimum absolute atomic E-state index is 0.0576. The van der Waals surface area contributed by atoms with Crippen molar-refractivity contribution in [3.63, 3.8) is 0 Å². The second-order valence-electron chi connectivity index (χ2n) is 9.24. The number of aryl methyl sites for hydroxylation is 2. The lowest BCUT2D eigenvalue weighted by Gasteiger charge is -2.50. The van der Waals surface area contributed by atoms with Crippen molar-refractivity contribution in [3.05, 3.63) is 53.4 Å². The fraction of sp³-hybridized carbons (Fsp3) is 0.440. The van der Waals surface area contributed by atoms with Crippen LogP contribution in [0.3, 0.4) is 0 Å². The van der Waals surface area contributed by atoms with Crippen LogP contribution in [0.25, 0.3) is 11.0 Å². The highest BCUT2D eigenvalue weighted by Gasteiger charge is 2.48. The predicted octanol–water partition coefficient (Wildman–Crippen LogP) is 3.87. The summed E-state index contributed by atoms with van der Waals surface area (Å²) in [5.41, 5.74) is 0.175. The molecule has 2 aromatic carbocycles. The molecule has 0 aliphatic carbocycles. The Bertz CT molecular complexity index is 1220. The summed E-state index contributed by atoms with van der Waals surface area (Å²) >= 11 is 0. The van der Waals surface area contributed by atoms with Crippen LogP contribution in [-0.4, -0.2) is 56.7 Å². The van der Waals surface area contributed by atoms with E-state index in [4.69, 9.17) is 0 Å². The van der Waals surface area contributed by atoms with Crippen molar-refractivity contribution in [3.8, 4) is 0 Å². The second-order valence-corrected chi connectivity index (χ2v) is 9.24. The molecular weight excluding hydrogens is 440 g/mol. The lowest BCUT2D eigenvalue weighted by atomic mass is 9.86. The van der Waals surface area contributed by atoms with Gasteiger partial charge in [-0.3, -0.25) is 4.79 Å². The van der Waals surface area contributed by atoms with E-state index in [1.54, 1.807) is 30.7 Å². The third-order valence-corrected chi connectivity index (χ3v) is 6.58. The van der Waals surface area contributed by atoms with Crippen LogP contribution in [-0.2, 0) is 7.05 Å². The molecule has 3 aromatic rings. The summed E-state index contributed by atoms with van der Waals surface area (Å²) in [6.45, 7) is 6.77. The number of β-amino-alcohol motifs (C(OH)–C–C–N with tert-alkyl or cyclic N) is 1. The Morgan fingerprint density at radius 1 is 1.29 bits per heavy atom. The Morgan fingerprint density at radius 3 is 2.71 bits per heavy atom. The number of nitrogens with zero attached hydrogens (tertiary/aromatic N) is 3. The van der Waals surface area contributed by atoms with Gasteiger partial charge >= 0.3 is 0 Å². The number of likely N-dealkylation sites (tertiary alicyclic amines) is 1. The summed E-state index contributed by atoms with van der Waals surface area (Å²) in [7, 11) is 1.71. The molecule has 1 amide bonds. The van der Waals surface area contributed by atoms with Crippen molar-refractivity contribution in [2.75, 3.05) is 25.0 Å². The lowest BCUT2D eigenvalue weighted by molar-refractivity contribution is -0.100. The van der Waals surface area contributed by atoms with Gasteiger partial charge in [0.2, 0.25) is 0 Å². The van der Waals surface area contributed by atoms with Crippen molar-refractivity contribution in [1.29, 1.82) is 0 Å². The number of halogens is 2. The van der Waals surface area contributed by atoms with Crippen LogP contribution in [0.1, 0.15) is 42.6 Å².